The Morgan fingerprint density at radius 2 is 1.75 bits per heavy atom. The fourth-order valence-corrected chi connectivity index (χ4v) is 4.72. The third-order valence-electron chi connectivity index (χ3n) is 6.55. The fraction of sp³-hybridized carbons (Fsp3) is 0.250. The van der Waals surface area contributed by atoms with Gasteiger partial charge in [0.2, 0.25) is 11.8 Å². The molecule has 0 bridgehead atoms. The molecule has 40 heavy (non-hydrogen) atoms. The van der Waals surface area contributed by atoms with Crippen molar-refractivity contribution in [2.75, 3.05) is 37.6 Å². The zero-order valence-electron chi connectivity index (χ0n) is 21.3. The van der Waals surface area contributed by atoms with E-state index in [0.29, 0.717) is 52.9 Å². The van der Waals surface area contributed by atoms with E-state index in [0.717, 1.165) is 5.82 Å². The highest BCUT2D eigenvalue weighted by atomic mass is 35.5. The van der Waals surface area contributed by atoms with E-state index >= 15 is 0 Å². The van der Waals surface area contributed by atoms with Crippen molar-refractivity contribution in [1.29, 1.82) is 0 Å². The second kappa shape index (κ2) is 12.4. The molecule has 4 aromatic rings. The number of pyridine rings is 2. The minimum atomic E-state index is -0.986. The lowest BCUT2D eigenvalue weighted by atomic mass is 10.1. The highest BCUT2D eigenvalue weighted by Gasteiger charge is 2.26. The smallest absolute Gasteiger partial charge is 0.287 e. The number of piperazine rings is 1. The molecule has 4 heterocycles. The van der Waals surface area contributed by atoms with Gasteiger partial charge in [-0.25, -0.2) is 4.98 Å². The maximum Gasteiger partial charge on any atom is 0.287 e. The highest BCUT2D eigenvalue weighted by molar-refractivity contribution is 6.31. The van der Waals surface area contributed by atoms with Gasteiger partial charge in [0.1, 0.15) is 17.4 Å². The molecule has 0 spiro atoms. The molecule has 1 aliphatic rings. The number of benzene rings is 1. The minimum Gasteiger partial charge on any atom is -0.451 e. The van der Waals surface area contributed by atoms with Gasteiger partial charge < -0.3 is 24.9 Å². The highest BCUT2D eigenvalue weighted by Crippen LogP contribution is 2.23. The monoisotopic (exact) mass is 580 g/mol. The molecule has 2 N–H and O–H groups in total. The Labute approximate surface area is 240 Å². The minimum absolute atomic E-state index is 0.0419. The van der Waals surface area contributed by atoms with Crippen molar-refractivity contribution in [3.8, 4) is 0 Å². The maximum atomic E-state index is 13.2. The maximum absolute atomic E-state index is 13.2. The van der Waals surface area contributed by atoms with Crippen LogP contribution in [0.3, 0.4) is 0 Å². The molecule has 0 radical (unpaired) electrons. The molecule has 3 aromatic heterocycles. The molecule has 0 unspecified atom stereocenters. The van der Waals surface area contributed by atoms with E-state index in [9.17, 15) is 14.4 Å². The lowest BCUT2D eigenvalue weighted by molar-refractivity contribution is -0.133. The number of fused-ring (bicyclic) bond motifs is 1. The van der Waals surface area contributed by atoms with Crippen LogP contribution in [-0.2, 0) is 16.0 Å². The normalized spacial score (nSPS) is 14.2. The van der Waals surface area contributed by atoms with E-state index in [2.05, 4.69) is 25.5 Å². The molecule has 0 saturated carbocycles. The van der Waals surface area contributed by atoms with E-state index < -0.39 is 17.9 Å². The van der Waals surface area contributed by atoms with Gasteiger partial charge in [-0.15, -0.1) is 0 Å². The van der Waals surface area contributed by atoms with Crippen molar-refractivity contribution >= 4 is 57.7 Å². The molecular weight excluding hydrogens is 555 g/mol. The number of carbonyl (C=O) groups is 3. The average Bonchev–Trinajstić information content (AvgIpc) is 3.40. The van der Waals surface area contributed by atoms with E-state index in [-0.39, 0.29) is 24.6 Å². The second-order valence-corrected chi connectivity index (χ2v) is 10.1. The number of anilines is 1. The van der Waals surface area contributed by atoms with Gasteiger partial charge in [-0.1, -0.05) is 29.3 Å². The van der Waals surface area contributed by atoms with Crippen LogP contribution in [0.25, 0.3) is 11.0 Å². The number of furan rings is 1. The Bertz CT molecular complexity index is 1500. The van der Waals surface area contributed by atoms with Crippen LogP contribution in [0.2, 0.25) is 10.0 Å². The first kappa shape index (κ1) is 27.4. The zero-order chi connectivity index (χ0) is 28.1. The van der Waals surface area contributed by atoms with E-state index in [1.54, 1.807) is 65.8 Å². The van der Waals surface area contributed by atoms with Crippen LogP contribution in [-0.4, -0.2) is 71.4 Å². The quantitative estimate of drug-likeness (QED) is 0.328. The first-order valence-electron chi connectivity index (χ1n) is 12.7. The lowest BCUT2D eigenvalue weighted by Gasteiger charge is -2.35. The molecule has 1 atom stereocenters. The number of hydrogen-bond donors (Lipinski definition) is 2. The van der Waals surface area contributed by atoms with Crippen LogP contribution in [0, 0.1) is 0 Å². The number of rotatable bonds is 8. The summed E-state index contributed by atoms with van der Waals surface area (Å²) >= 11 is 12.0. The van der Waals surface area contributed by atoms with E-state index in [1.165, 1.54) is 0 Å². The number of aromatic nitrogens is 2. The molecule has 3 amide bonds. The van der Waals surface area contributed by atoms with Gasteiger partial charge >= 0.3 is 0 Å². The van der Waals surface area contributed by atoms with Crippen molar-refractivity contribution in [3.63, 3.8) is 0 Å². The van der Waals surface area contributed by atoms with Crippen LogP contribution in [0.4, 0.5) is 5.82 Å². The molecular formula is C28H26Cl2N6O4. The summed E-state index contributed by atoms with van der Waals surface area (Å²) in [6.07, 6.45) is 3.33. The molecule has 1 aromatic carbocycles. The Morgan fingerprint density at radius 1 is 0.950 bits per heavy atom. The van der Waals surface area contributed by atoms with Crippen LogP contribution in [0.5, 0.6) is 0 Å². The molecule has 0 aliphatic carbocycles. The molecule has 1 aliphatic heterocycles. The summed E-state index contributed by atoms with van der Waals surface area (Å²) < 4.78 is 5.65. The molecule has 5 rings (SSSR count). The van der Waals surface area contributed by atoms with Crippen molar-refractivity contribution < 1.29 is 18.8 Å². The summed E-state index contributed by atoms with van der Waals surface area (Å²) in [6.45, 7) is 1.99. The Morgan fingerprint density at radius 3 is 2.48 bits per heavy atom. The molecule has 1 fully saturated rings. The number of amides is 3. The zero-order valence-corrected chi connectivity index (χ0v) is 22.9. The van der Waals surface area contributed by atoms with Crippen molar-refractivity contribution in [2.45, 2.75) is 12.5 Å². The summed E-state index contributed by atoms with van der Waals surface area (Å²) in [4.78, 5) is 51.4. The Balaban J connectivity index is 1.20. The predicted molar refractivity (Wildman–Crippen MR) is 151 cm³/mol. The first-order valence-corrected chi connectivity index (χ1v) is 13.4. The molecule has 206 valence electrons. The summed E-state index contributed by atoms with van der Waals surface area (Å²) in [5, 5.41) is 7.15. The van der Waals surface area contributed by atoms with E-state index in [4.69, 9.17) is 27.6 Å². The second-order valence-electron chi connectivity index (χ2n) is 9.26. The van der Waals surface area contributed by atoms with Gasteiger partial charge in [0.05, 0.1) is 11.6 Å². The van der Waals surface area contributed by atoms with Gasteiger partial charge in [-0.2, -0.15) is 0 Å². The number of carbonyl (C=O) groups excluding carboxylic acids is 3. The Hall–Kier alpha value is -4.15. The summed E-state index contributed by atoms with van der Waals surface area (Å²) in [5.41, 5.74) is 1.11. The topological polar surface area (TPSA) is 121 Å². The van der Waals surface area contributed by atoms with Crippen molar-refractivity contribution in [2.24, 2.45) is 0 Å². The van der Waals surface area contributed by atoms with Gasteiger partial charge in [0.15, 0.2) is 5.76 Å². The summed E-state index contributed by atoms with van der Waals surface area (Å²) in [5.74, 6) is -0.447. The number of nitrogens with zero attached hydrogens (tertiary/aromatic N) is 4. The van der Waals surface area contributed by atoms with Crippen molar-refractivity contribution in [3.05, 3.63) is 88.5 Å². The molecule has 12 heteroatoms. The fourth-order valence-electron chi connectivity index (χ4n) is 4.43. The number of nitrogens with one attached hydrogen (secondary N) is 2. The first-order chi connectivity index (χ1) is 19.4. The third kappa shape index (κ3) is 6.70. The van der Waals surface area contributed by atoms with Crippen LogP contribution < -0.4 is 15.5 Å². The van der Waals surface area contributed by atoms with Gasteiger partial charge in [0, 0.05) is 61.1 Å². The third-order valence-corrected chi connectivity index (χ3v) is 7.00. The lowest BCUT2D eigenvalue weighted by Crippen LogP contribution is -2.53. The van der Waals surface area contributed by atoms with E-state index in [1.807, 2.05) is 6.07 Å². The summed E-state index contributed by atoms with van der Waals surface area (Å²) in [6, 6.07) is 14.5. The largest absolute Gasteiger partial charge is 0.451 e. The molecule has 10 nitrogen and oxygen atoms in total. The SMILES string of the molecule is O=C(N[C@@H](Cc1ccccn1)C(=O)NCC(=O)N1CCN(c2ccc(Cl)cn2)CC1)c1cc2cc(Cl)ccc2o1. The van der Waals surface area contributed by atoms with Crippen LogP contribution in [0.15, 0.2) is 71.4 Å². The van der Waals surface area contributed by atoms with Crippen LogP contribution >= 0.6 is 23.2 Å². The van der Waals surface area contributed by atoms with Gasteiger partial charge in [0.25, 0.3) is 5.91 Å². The molecule has 1 saturated heterocycles. The summed E-state index contributed by atoms with van der Waals surface area (Å²) in [7, 11) is 0. The number of hydrogen-bond acceptors (Lipinski definition) is 7. The Kier molecular flexibility index (Phi) is 8.47. The predicted octanol–water partition coefficient (Wildman–Crippen LogP) is 3.34. The average molecular weight is 581 g/mol. The van der Waals surface area contributed by atoms with Crippen LogP contribution in [0.1, 0.15) is 16.2 Å². The standard InChI is InChI=1S/C28H26Cl2N6O4/c29-19-4-6-23-18(13-19)14-24(40-23)28(39)34-22(15-21-3-1-2-8-31-21)27(38)33-17-26(37)36-11-9-35(10-12-36)25-7-5-20(30)16-32-25/h1-8,13-14,16,22H,9-12,15,17H2,(H,33,38)(H,34,39)/t22-/m0/s1. The van der Waals surface area contributed by atoms with Gasteiger partial charge in [-0.3, -0.25) is 19.4 Å². The van der Waals surface area contributed by atoms with Crippen molar-refractivity contribution in [1.82, 2.24) is 25.5 Å². The number of halogens is 2. The van der Waals surface area contributed by atoms with Gasteiger partial charge in [-0.05, 0) is 48.5 Å².